The van der Waals surface area contributed by atoms with Gasteiger partial charge >= 0.3 is 0 Å². The van der Waals surface area contributed by atoms with Gasteiger partial charge in [-0.05, 0) is 43.2 Å². The number of anilines is 5. The predicted octanol–water partition coefficient (Wildman–Crippen LogP) is 4.43. The third kappa shape index (κ3) is 7.09. The smallest absolute Gasteiger partial charge is 0.229 e. The van der Waals surface area contributed by atoms with E-state index in [1.165, 1.54) is 0 Å². The summed E-state index contributed by atoms with van der Waals surface area (Å²) in [7, 11) is 3.67. The molecule has 0 spiro atoms. The van der Waals surface area contributed by atoms with Crippen LogP contribution in [0, 0.1) is 6.92 Å². The minimum atomic E-state index is -0.00797. The molecule has 1 atom stereocenters. The number of ether oxygens (including phenoxy) is 3. The highest BCUT2D eigenvalue weighted by molar-refractivity contribution is 5.68. The van der Waals surface area contributed by atoms with E-state index in [0.29, 0.717) is 25.8 Å². The molecule has 1 aromatic heterocycles. The summed E-state index contributed by atoms with van der Waals surface area (Å²) in [4.78, 5) is 13.5. The largest absolute Gasteiger partial charge is 0.493 e. The van der Waals surface area contributed by atoms with Crippen LogP contribution in [0.25, 0.3) is 0 Å². The van der Waals surface area contributed by atoms with Crippen LogP contribution < -0.4 is 19.9 Å². The Morgan fingerprint density at radius 1 is 1.16 bits per heavy atom. The number of methoxy groups -OCH3 is 1. The predicted molar refractivity (Wildman–Crippen MR) is 147 cm³/mol. The molecule has 4 rings (SSSR count). The molecule has 0 radical (unpaired) electrons. The molecule has 2 aromatic carbocycles. The van der Waals surface area contributed by atoms with Crippen molar-refractivity contribution in [2.24, 2.45) is 0 Å². The summed E-state index contributed by atoms with van der Waals surface area (Å²) in [5.41, 5.74) is 4.83. The number of benzene rings is 2. The number of nitrogens with zero attached hydrogens (tertiary/aromatic N) is 4. The van der Waals surface area contributed by atoms with Gasteiger partial charge in [0.15, 0.2) is 0 Å². The number of hydrogen-bond donors (Lipinski definition) is 2. The number of rotatable bonds is 11. The van der Waals surface area contributed by atoms with Gasteiger partial charge in [-0.1, -0.05) is 12.1 Å². The highest BCUT2D eigenvalue weighted by atomic mass is 16.5. The molecule has 1 aliphatic rings. The zero-order valence-corrected chi connectivity index (χ0v) is 22.1. The normalized spacial score (nSPS) is 14.4. The van der Waals surface area contributed by atoms with E-state index in [-0.39, 0.29) is 12.7 Å². The third-order valence-corrected chi connectivity index (χ3v) is 6.52. The maximum absolute atomic E-state index is 9.57. The van der Waals surface area contributed by atoms with Crippen LogP contribution in [0.3, 0.4) is 0 Å². The van der Waals surface area contributed by atoms with E-state index in [2.05, 4.69) is 27.3 Å². The van der Waals surface area contributed by atoms with Crippen molar-refractivity contribution in [3.05, 3.63) is 59.8 Å². The SMILES string of the molecule is COC(C)CCOc1cc(Nc2nccc(N(C)c3cc(CO)ccc3C)n2)cc(N2CCOCC2)c1. The fourth-order valence-electron chi connectivity index (χ4n) is 4.17. The molecule has 2 N–H and O–H groups in total. The lowest BCUT2D eigenvalue weighted by atomic mass is 10.1. The Morgan fingerprint density at radius 2 is 1.97 bits per heavy atom. The van der Waals surface area contributed by atoms with E-state index in [4.69, 9.17) is 19.2 Å². The average Bonchev–Trinajstić information content (AvgIpc) is 2.93. The molecule has 0 bridgehead atoms. The monoisotopic (exact) mass is 507 g/mol. The van der Waals surface area contributed by atoms with Crippen molar-refractivity contribution in [3.8, 4) is 5.75 Å². The summed E-state index contributed by atoms with van der Waals surface area (Å²) in [6.45, 7) is 7.68. The minimum absolute atomic E-state index is 0.00797. The van der Waals surface area contributed by atoms with E-state index in [1.807, 2.05) is 56.1 Å². The van der Waals surface area contributed by atoms with Crippen molar-refractivity contribution in [1.29, 1.82) is 0 Å². The van der Waals surface area contributed by atoms with Gasteiger partial charge in [-0.2, -0.15) is 4.98 Å². The summed E-state index contributed by atoms with van der Waals surface area (Å²) in [5, 5.41) is 12.9. The van der Waals surface area contributed by atoms with Crippen LogP contribution in [-0.2, 0) is 16.1 Å². The van der Waals surface area contributed by atoms with Crippen molar-refractivity contribution in [2.75, 3.05) is 62.2 Å². The molecule has 37 heavy (non-hydrogen) atoms. The van der Waals surface area contributed by atoms with Crippen molar-refractivity contribution in [2.45, 2.75) is 33.0 Å². The first-order valence-corrected chi connectivity index (χ1v) is 12.6. The van der Waals surface area contributed by atoms with Crippen LogP contribution in [0.5, 0.6) is 5.75 Å². The fraction of sp³-hybridized carbons (Fsp3) is 0.429. The first-order valence-electron chi connectivity index (χ1n) is 12.6. The van der Waals surface area contributed by atoms with Gasteiger partial charge in [0, 0.05) is 69.1 Å². The first-order chi connectivity index (χ1) is 18.0. The molecule has 3 aromatic rings. The molecule has 9 heteroatoms. The quantitative estimate of drug-likeness (QED) is 0.391. The Morgan fingerprint density at radius 3 is 2.73 bits per heavy atom. The second-order valence-electron chi connectivity index (χ2n) is 9.20. The zero-order chi connectivity index (χ0) is 26.2. The summed E-state index contributed by atoms with van der Waals surface area (Å²) in [6.07, 6.45) is 2.67. The van der Waals surface area contributed by atoms with Gasteiger partial charge in [0.05, 0.1) is 32.5 Å². The van der Waals surface area contributed by atoms with E-state index in [1.54, 1.807) is 13.3 Å². The molecule has 2 heterocycles. The summed E-state index contributed by atoms with van der Waals surface area (Å²) in [6, 6.07) is 13.9. The molecule has 9 nitrogen and oxygen atoms in total. The Balaban J connectivity index is 1.56. The van der Waals surface area contributed by atoms with Crippen LogP contribution in [0.1, 0.15) is 24.5 Å². The van der Waals surface area contributed by atoms with Crippen LogP contribution in [0.15, 0.2) is 48.7 Å². The van der Waals surface area contributed by atoms with Gasteiger partial charge in [-0.3, -0.25) is 0 Å². The average molecular weight is 508 g/mol. The topological polar surface area (TPSA) is 92.2 Å². The van der Waals surface area contributed by atoms with Crippen molar-refractivity contribution in [3.63, 3.8) is 0 Å². The molecule has 1 fully saturated rings. The lowest BCUT2D eigenvalue weighted by molar-refractivity contribution is 0.0955. The molecule has 1 aliphatic heterocycles. The van der Waals surface area contributed by atoms with E-state index in [0.717, 1.165) is 59.3 Å². The van der Waals surface area contributed by atoms with Crippen molar-refractivity contribution in [1.82, 2.24) is 9.97 Å². The Bertz CT molecular complexity index is 1170. The first kappa shape index (κ1) is 26.7. The molecular formula is C28H37N5O4. The Kier molecular flexibility index (Phi) is 9.16. The second-order valence-corrected chi connectivity index (χ2v) is 9.20. The highest BCUT2D eigenvalue weighted by Gasteiger charge is 2.15. The minimum Gasteiger partial charge on any atom is -0.493 e. The number of hydrogen-bond acceptors (Lipinski definition) is 9. The van der Waals surface area contributed by atoms with Gasteiger partial charge in [-0.25, -0.2) is 4.98 Å². The number of aryl methyl sites for hydroxylation is 1. The number of aliphatic hydroxyl groups is 1. The number of aliphatic hydroxyl groups excluding tert-OH is 1. The van der Waals surface area contributed by atoms with Crippen LogP contribution in [0.2, 0.25) is 0 Å². The standard InChI is InChI=1S/C28H37N5O4/c1-20-5-6-22(19-34)15-26(20)32(3)27-7-9-29-28(31-27)30-23-16-24(33-10-13-36-14-11-33)18-25(17-23)37-12-8-21(2)35-4/h5-7,9,15-18,21,34H,8,10-14,19H2,1-4H3,(H,29,30,31). The lowest BCUT2D eigenvalue weighted by Gasteiger charge is -2.29. The number of aromatic nitrogens is 2. The molecule has 0 amide bonds. The molecule has 1 saturated heterocycles. The van der Waals surface area contributed by atoms with Crippen LogP contribution in [0.4, 0.5) is 28.8 Å². The molecular weight excluding hydrogens is 470 g/mol. The summed E-state index contributed by atoms with van der Waals surface area (Å²) < 4.78 is 17.0. The molecule has 198 valence electrons. The summed E-state index contributed by atoms with van der Waals surface area (Å²) in [5.74, 6) is 2.00. The van der Waals surface area contributed by atoms with E-state index >= 15 is 0 Å². The van der Waals surface area contributed by atoms with Gasteiger partial charge in [0.25, 0.3) is 0 Å². The van der Waals surface area contributed by atoms with Crippen molar-refractivity contribution >= 4 is 28.8 Å². The fourth-order valence-corrected chi connectivity index (χ4v) is 4.17. The second kappa shape index (κ2) is 12.7. The number of nitrogens with one attached hydrogen (secondary N) is 1. The summed E-state index contributed by atoms with van der Waals surface area (Å²) >= 11 is 0. The Hall–Kier alpha value is -3.40. The van der Waals surface area contributed by atoms with Gasteiger partial charge < -0.3 is 34.4 Å². The lowest BCUT2D eigenvalue weighted by Crippen LogP contribution is -2.36. The van der Waals surface area contributed by atoms with Gasteiger partial charge in [-0.15, -0.1) is 0 Å². The maximum atomic E-state index is 9.57. The van der Waals surface area contributed by atoms with Crippen molar-refractivity contribution < 1.29 is 19.3 Å². The number of morpholine rings is 1. The van der Waals surface area contributed by atoms with Gasteiger partial charge in [0.1, 0.15) is 11.6 Å². The van der Waals surface area contributed by atoms with E-state index < -0.39 is 0 Å². The van der Waals surface area contributed by atoms with E-state index in [9.17, 15) is 5.11 Å². The van der Waals surface area contributed by atoms with Crippen LogP contribution in [-0.4, -0.2) is 68.2 Å². The highest BCUT2D eigenvalue weighted by Crippen LogP contribution is 2.31. The molecule has 0 aliphatic carbocycles. The zero-order valence-electron chi connectivity index (χ0n) is 22.1. The van der Waals surface area contributed by atoms with Crippen LogP contribution >= 0.6 is 0 Å². The third-order valence-electron chi connectivity index (χ3n) is 6.52. The van der Waals surface area contributed by atoms with Gasteiger partial charge in [0.2, 0.25) is 5.95 Å². The molecule has 1 unspecified atom stereocenters. The Labute approximate surface area is 219 Å². The maximum Gasteiger partial charge on any atom is 0.229 e. The molecule has 0 saturated carbocycles.